The summed E-state index contributed by atoms with van der Waals surface area (Å²) in [5.74, 6) is -1.01. The van der Waals surface area contributed by atoms with Gasteiger partial charge in [0.1, 0.15) is 5.82 Å². The van der Waals surface area contributed by atoms with E-state index in [9.17, 15) is 27.5 Å². The summed E-state index contributed by atoms with van der Waals surface area (Å²) < 4.78 is 53.0. The summed E-state index contributed by atoms with van der Waals surface area (Å²) in [5.41, 5.74) is -1.84. The molecule has 26 heavy (non-hydrogen) atoms. The van der Waals surface area contributed by atoms with Crippen LogP contribution in [0.25, 0.3) is 0 Å². The Bertz CT molecular complexity index is 694. The standard InChI is InChI=1S/C18H22F4N2O2/c1-12(25)24-7-5-17(26)4-6-23(10-14(17)11-24)9-13-8-15(19)2-3-16(13)18(20,21)22/h2-3,8,14,26H,4-7,9-11H2,1H3/t14-,17-/m0/s1. The molecule has 0 saturated carbocycles. The second kappa shape index (κ2) is 6.81. The van der Waals surface area contributed by atoms with Crippen molar-refractivity contribution in [1.82, 2.24) is 9.80 Å². The fourth-order valence-corrected chi connectivity index (χ4v) is 4.01. The Morgan fingerprint density at radius 2 is 1.96 bits per heavy atom. The van der Waals surface area contributed by atoms with Crippen LogP contribution in [0.3, 0.4) is 0 Å². The first-order valence-electron chi connectivity index (χ1n) is 8.64. The first kappa shape index (κ1) is 19.1. The number of likely N-dealkylation sites (tertiary alicyclic amines) is 2. The lowest BCUT2D eigenvalue weighted by atomic mass is 9.75. The number of hydrogen-bond donors (Lipinski definition) is 1. The highest BCUT2D eigenvalue weighted by Crippen LogP contribution is 2.37. The fourth-order valence-electron chi connectivity index (χ4n) is 4.01. The van der Waals surface area contributed by atoms with Gasteiger partial charge in [-0.05, 0) is 36.6 Å². The summed E-state index contributed by atoms with van der Waals surface area (Å²) in [4.78, 5) is 15.1. The molecule has 4 nitrogen and oxygen atoms in total. The summed E-state index contributed by atoms with van der Waals surface area (Å²) in [6, 6.07) is 2.50. The summed E-state index contributed by atoms with van der Waals surface area (Å²) >= 11 is 0. The number of amides is 1. The number of carbonyl (C=O) groups excluding carboxylic acids is 1. The van der Waals surface area contributed by atoms with Crippen LogP contribution >= 0.6 is 0 Å². The average molecular weight is 374 g/mol. The first-order chi connectivity index (χ1) is 12.1. The van der Waals surface area contributed by atoms with E-state index in [-0.39, 0.29) is 23.9 Å². The Morgan fingerprint density at radius 1 is 1.27 bits per heavy atom. The van der Waals surface area contributed by atoms with Gasteiger partial charge in [0.15, 0.2) is 0 Å². The van der Waals surface area contributed by atoms with Crippen molar-refractivity contribution in [3.05, 3.63) is 35.1 Å². The zero-order chi connectivity index (χ0) is 19.1. The zero-order valence-electron chi connectivity index (χ0n) is 14.5. The van der Waals surface area contributed by atoms with Gasteiger partial charge in [0.2, 0.25) is 5.91 Å². The lowest BCUT2D eigenvalue weighted by molar-refractivity contribution is -0.146. The van der Waals surface area contributed by atoms with E-state index in [4.69, 9.17) is 0 Å². The third-order valence-corrected chi connectivity index (χ3v) is 5.57. The lowest BCUT2D eigenvalue weighted by Crippen LogP contribution is -2.60. The van der Waals surface area contributed by atoms with Crippen molar-refractivity contribution in [3.63, 3.8) is 0 Å². The number of carbonyl (C=O) groups is 1. The predicted octanol–water partition coefficient (Wildman–Crippen LogP) is 2.65. The van der Waals surface area contributed by atoms with Crippen LogP contribution in [0, 0.1) is 11.7 Å². The number of aliphatic hydroxyl groups is 1. The number of piperidine rings is 2. The highest BCUT2D eigenvalue weighted by atomic mass is 19.4. The van der Waals surface area contributed by atoms with Gasteiger partial charge in [-0.1, -0.05) is 0 Å². The Labute approximate surface area is 149 Å². The molecule has 144 valence electrons. The zero-order valence-corrected chi connectivity index (χ0v) is 14.5. The molecule has 0 unspecified atom stereocenters. The average Bonchev–Trinajstić information content (AvgIpc) is 2.53. The second-order valence-corrected chi connectivity index (χ2v) is 7.30. The number of halogens is 4. The fraction of sp³-hybridized carbons (Fsp3) is 0.611. The molecule has 2 saturated heterocycles. The minimum atomic E-state index is -4.55. The van der Waals surface area contributed by atoms with Crippen molar-refractivity contribution in [2.24, 2.45) is 5.92 Å². The SMILES string of the molecule is CC(=O)N1CC[C@@]2(O)CCN(Cc3cc(F)ccc3C(F)(F)F)C[C@H]2C1. The van der Waals surface area contributed by atoms with Gasteiger partial charge in [-0.15, -0.1) is 0 Å². The van der Waals surface area contributed by atoms with E-state index in [2.05, 4.69) is 0 Å². The molecule has 1 N–H and O–H groups in total. The van der Waals surface area contributed by atoms with Crippen molar-refractivity contribution in [1.29, 1.82) is 0 Å². The number of fused-ring (bicyclic) bond motifs is 1. The summed E-state index contributed by atoms with van der Waals surface area (Å²) in [7, 11) is 0. The van der Waals surface area contributed by atoms with Crippen LogP contribution in [0.1, 0.15) is 30.9 Å². The summed E-state index contributed by atoms with van der Waals surface area (Å²) in [6.07, 6.45) is -3.64. The Morgan fingerprint density at radius 3 is 2.62 bits per heavy atom. The van der Waals surface area contributed by atoms with Crippen LogP contribution in [-0.2, 0) is 17.5 Å². The molecule has 2 aliphatic heterocycles. The molecule has 0 aromatic heterocycles. The Hall–Kier alpha value is -1.67. The van der Waals surface area contributed by atoms with Crippen LogP contribution in [0.15, 0.2) is 18.2 Å². The van der Waals surface area contributed by atoms with Crippen molar-refractivity contribution in [2.45, 2.75) is 38.1 Å². The largest absolute Gasteiger partial charge is 0.416 e. The molecule has 0 spiro atoms. The number of hydrogen-bond acceptors (Lipinski definition) is 3. The maximum absolute atomic E-state index is 13.5. The highest BCUT2D eigenvalue weighted by molar-refractivity contribution is 5.73. The maximum Gasteiger partial charge on any atom is 0.416 e. The summed E-state index contributed by atoms with van der Waals surface area (Å²) in [6.45, 7) is 3.10. The van der Waals surface area contributed by atoms with Crippen LogP contribution in [0.2, 0.25) is 0 Å². The van der Waals surface area contributed by atoms with Gasteiger partial charge in [0, 0.05) is 45.6 Å². The van der Waals surface area contributed by atoms with Gasteiger partial charge in [-0.25, -0.2) is 4.39 Å². The molecule has 3 rings (SSSR count). The lowest BCUT2D eigenvalue weighted by Gasteiger charge is -2.50. The van der Waals surface area contributed by atoms with E-state index in [0.717, 1.165) is 18.2 Å². The van der Waals surface area contributed by atoms with Crippen LogP contribution in [0.4, 0.5) is 17.6 Å². The minimum absolute atomic E-state index is 0.0424. The van der Waals surface area contributed by atoms with E-state index in [1.165, 1.54) is 6.92 Å². The number of nitrogens with zero attached hydrogens (tertiary/aromatic N) is 2. The molecule has 2 atom stereocenters. The third kappa shape index (κ3) is 3.86. The van der Waals surface area contributed by atoms with Crippen LogP contribution in [0.5, 0.6) is 0 Å². The smallest absolute Gasteiger partial charge is 0.389 e. The quantitative estimate of drug-likeness (QED) is 0.810. The van der Waals surface area contributed by atoms with Crippen LogP contribution < -0.4 is 0 Å². The first-order valence-corrected chi connectivity index (χ1v) is 8.64. The van der Waals surface area contributed by atoms with E-state index in [1.54, 1.807) is 9.80 Å². The van der Waals surface area contributed by atoms with Gasteiger partial charge >= 0.3 is 6.18 Å². The normalized spacial score (nSPS) is 27.3. The second-order valence-electron chi connectivity index (χ2n) is 7.30. The van der Waals surface area contributed by atoms with E-state index in [1.807, 2.05) is 0 Å². The Kier molecular flexibility index (Phi) is 5.00. The molecule has 0 bridgehead atoms. The van der Waals surface area contributed by atoms with E-state index in [0.29, 0.717) is 39.0 Å². The Balaban J connectivity index is 1.76. The molecular weight excluding hydrogens is 352 g/mol. The minimum Gasteiger partial charge on any atom is -0.389 e. The van der Waals surface area contributed by atoms with Gasteiger partial charge in [-0.2, -0.15) is 13.2 Å². The third-order valence-electron chi connectivity index (χ3n) is 5.57. The molecule has 8 heteroatoms. The van der Waals surface area contributed by atoms with Crippen molar-refractivity contribution in [2.75, 3.05) is 26.2 Å². The van der Waals surface area contributed by atoms with E-state index >= 15 is 0 Å². The van der Waals surface area contributed by atoms with Crippen molar-refractivity contribution < 1.29 is 27.5 Å². The molecule has 1 amide bonds. The maximum atomic E-state index is 13.5. The van der Waals surface area contributed by atoms with Crippen molar-refractivity contribution >= 4 is 5.91 Å². The predicted molar refractivity (Wildman–Crippen MR) is 86.6 cm³/mol. The molecule has 1 aromatic rings. The summed E-state index contributed by atoms with van der Waals surface area (Å²) in [5, 5.41) is 10.8. The number of alkyl halides is 3. The molecule has 2 fully saturated rings. The van der Waals surface area contributed by atoms with Gasteiger partial charge in [-0.3, -0.25) is 9.69 Å². The highest BCUT2D eigenvalue weighted by Gasteiger charge is 2.45. The molecule has 0 aliphatic carbocycles. The van der Waals surface area contributed by atoms with Gasteiger partial charge in [0.25, 0.3) is 0 Å². The molecule has 0 radical (unpaired) electrons. The number of rotatable bonds is 2. The van der Waals surface area contributed by atoms with E-state index < -0.39 is 23.2 Å². The topological polar surface area (TPSA) is 43.8 Å². The van der Waals surface area contributed by atoms with Crippen LogP contribution in [-0.4, -0.2) is 52.6 Å². The van der Waals surface area contributed by atoms with Crippen molar-refractivity contribution in [3.8, 4) is 0 Å². The van der Waals surface area contributed by atoms with Gasteiger partial charge in [0.05, 0.1) is 11.2 Å². The molecule has 1 aromatic carbocycles. The monoisotopic (exact) mass is 374 g/mol. The molecule has 2 aliphatic rings. The molecular formula is C18H22F4N2O2. The van der Waals surface area contributed by atoms with Gasteiger partial charge < -0.3 is 10.0 Å². The molecule has 2 heterocycles. The number of benzene rings is 1.